The van der Waals surface area contributed by atoms with Crippen LogP contribution in [0.15, 0.2) is 29.3 Å². The van der Waals surface area contributed by atoms with Crippen LogP contribution in [0.5, 0.6) is 0 Å². The van der Waals surface area contributed by atoms with Crippen molar-refractivity contribution in [3.8, 4) is 11.4 Å². The highest BCUT2D eigenvalue weighted by atomic mass is 16.2. The van der Waals surface area contributed by atoms with Crippen molar-refractivity contribution in [2.75, 3.05) is 19.6 Å². The number of aromatic nitrogens is 3. The average molecular weight is 379 g/mol. The molecule has 2 saturated heterocycles. The highest BCUT2D eigenvalue weighted by Gasteiger charge is 2.45. The number of likely N-dealkylation sites (tertiary alicyclic amines) is 1. The van der Waals surface area contributed by atoms with Crippen molar-refractivity contribution in [1.29, 1.82) is 0 Å². The van der Waals surface area contributed by atoms with E-state index < -0.39 is 0 Å². The average Bonchev–Trinajstić information content (AvgIpc) is 3.38. The molecular weight excluding hydrogens is 354 g/mol. The number of hydrogen-bond donors (Lipinski definition) is 2. The molecule has 1 amide bonds. The maximum Gasteiger partial charge on any atom is 0.254 e. The third-order valence-electron chi connectivity index (χ3n) is 6.70. The van der Waals surface area contributed by atoms with Gasteiger partial charge < -0.3 is 15.2 Å². The molecule has 4 heterocycles. The van der Waals surface area contributed by atoms with E-state index in [0.717, 1.165) is 75.0 Å². The van der Waals surface area contributed by atoms with Crippen LogP contribution in [0.25, 0.3) is 11.4 Å². The van der Waals surface area contributed by atoms with Gasteiger partial charge in [-0.1, -0.05) is 0 Å². The van der Waals surface area contributed by atoms with Gasteiger partial charge in [-0.25, -0.2) is 4.98 Å². The number of nitrogens with zero attached hydrogens (tertiary/aromatic N) is 3. The third kappa shape index (κ3) is 2.85. The van der Waals surface area contributed by atoms with Gasteiger partial charge in [0.2, 0.25) is 5.91 Å². The van der Waals surface area contributed by atoms with Gasteiger partial charge in [-0.05, 0) is 57.2 Å². The van der Waals surface area contributed by atoms with E-state index in [-0.39, 0.29) is 22.9 Å². The number of H-pyrrole nitrogens is 1. The number of nitrogens with one attached hydrogen (secondary N) is 2. The van der Waals surface area contributed by atoms with Crippen molar-refractivity contribution in [1.82, 2.24) is 25.2 Å². The number of fused-ring (bicyclic) bond motifs is 2. The Morgan fingerprint density at radius 2 is 2.11 bits per heavy atom. The van der Waals surface area contributed by atoms with E-state index in [2.05, 4.69) is 15.3 Å². The molecule has 7 heteroatoms. The molecule has 1 aliphatic carbocycles. The molecule has 0 radical (unpaired) electrons. The van der Waals surface area contributed by atoms with Gasteiger partial charge in [0.05, 0.1) is 11.7 Å². The lowest BCUT2D eigenvalue weighted by atomic mass is 9.76. The van der Waals surface area contributed by atoms with Gasteiger partial charge in [0, 0.05) is 42.0 Å². The number of rotatable bonds is 2. The first kappa shape index (κ1) is 17.6. The largest absolute Gasteiger partial charge is 0.341 e. The number of carbonyl (C=O) groups excluding carboxylic acids is 1. The summed E-state index contributed by atoms with van der Waals surface area (Å²) >= 11 is 0. The molecule has 7 nitrogen and oxygen atoms in total. The van der Waals surface area contributed by atoms with Crippen LogP contribution in [0, 0.1) is 0 Å². The first-order valence-corrected chi connectivity index (χ1v) is 10.2. The minimum atomic E-state index is -0.0829. The summed E-state index contributed by atoms with van der Waals surface area (Å²) in [7, 11) is 0. The predicted octanol–water partition coefficient (Wildman–Crippen LogP) is 1.39. The number of pyridine rings is 1. The first-order chi connectivity index (χ1) is 13.7. The lowest BCUT2D eigenvalue weighted by Crippen LogP contribution is -2.50. The fraction of sp³-hybridized carbons (Fsp3) is 0.524. The van der Waals surface area contributed by atoms with Crippen LogP contribution in [-0.4, -0.2) is 51.4 Å². The Morgan fingerprint density at radius 3 is 2.82 bits per heavy atom. The summed E-state index contributed by atoms with van der Waals surface area (Å²) in [5.74, 6) is 0.826. The Morgan fingerprint density at radius 1 is 1.25 bits per heavy atom. The zero-order valence-electron chi connectivity index (χ0n) is 15.9. The molecule has 2 aromatic heterocycles. The standard InChI is InChI=1S/C21H25N5O2/c27-19-15-5-6-21(17(15)24-18(25-19)14-3-1-9-22-13-14)7-11-26(12-8-21)20(28)16-4-2-10-23-16/h1,3,9,13,16,23H,2,4-8,10-12H2,(H,24,25,27)/t16-/m0/s1. The van der Waals surface area contributed by atoms with Gasteiger partial charge in [-0.2, -0.15) is 0 Å². The van der Waals surface area contributed by atoms with Gasteiger partial charge in [0.25, 0.3) is 5.56 Å². The molecular formula is C21H25N5O2. The van der Waals surface area contributed by atoms with E-state index >= 15 is 0 Å². The van der Waals surface area contributed by atoms with Gasteiger partial charge in [-0.3, -0.25) is 14.6 Å². The summed E-state index contributed by atoms with van der Waals surface area (Å²) in [6.07, 6.45) is 8.91. The lowest BCUT2D eigenvalue weighted by molar-refractivity contribution is -0.134. The summed E-state index contributed by atoms with van der Waals surface area (Å²) < 4.78 is 0. The van der Waals surface area contributed by atoms with E-state index in [0.29, 0.717) is 5.82 Å². The molecule has 0 bridgehead atoms. The molecule has 5 rings (SSSR count). The molecule has 2 aliphatic heterocycles. The van der Waals surface area contributed by atoms with Crippen LogP contribution in [-0.2, 0) is 16.6 Å². The van der Waals surface area contributed by atoms with Crippen molar-refractivity contribution < 1.29 is 4.79 Å². The van der Waals surface area contributed by atoms with Crippen molar-refractivity contribution in [3.05, 3.63) is 46.1 Å². The van der Waals surface area contributed by atoms with Crippen LogP contribution in [0.4, 0.5) is 0 Å². The van der Waals surface area contributed by atoms with Gasteiger partial charge in [-0.15, -0.1) is 0 Å². The maximum atomic E-state index is 12.7. The molecule has 2 N–H and O–H groups in total. The zero-order valence-corrected chi connectivity index (χ0v) is 15.9. The van der Waals surface area contributed by atoms with Crippen molar-refractivity contribution in [2.24, 2.45) is 0 Å². The van der Waals surface area contributed by atoms with E-state index in [1.807, 2.05) is 17.0 Å². The number of hydrogen-bond acceptors (Lipinski definition) is 5. The summed E-state index contributed by atoms with van der Waals surface area (Å²) in [5, 5.41) is 3.31. The predicted molar refractivity (Wildman–Crippen MR) is 105 cm³/mol. The van der Waals surface area contributed by atoms with Crippen LogP contribution >= 0.6 is 0 Å². The van der Waals surface area contributed by atoms with E-state index in [9.17, 15) is 9.59 Å². The number of aromatic amines is 1. The van der Waals surface area contributed by atoms with Gasteiger partial charge >= 0.3 is 0 Å². The van der Waals surface area contributed by atoms with Crippen LogP contribution in [0.3, 0.4) is 0 Å². The monoisotopic (exact) mass is 379 g/mol. The quantitative estimate of drug-likeness (QED) is 0.823. The molecule has 2 fully saturated rings. The van der Waals surface area contributed by atoms with Gasteiger partial charge in [0.1, 0.15) is 5.82 Å². The van der Waals surface area contributed by atoms with Crippen molar-refractivity contribution >= 4 is 5.91 Å². The van der Waals surface area contributed by atoms with Crippen molar-refractivity contribution in [2.45, 2.75) is 50.0 Å². The summed E-state index contributed by atoms with van der Waals surface area (Å²) in [4.78, 5) is 39.4. The first-order valence-electron chi connectivity index (χ1n) is 10.2. The van der Waals surface area contributed by atoms with Crippen LogP contribution in [0.2, 0.25) is 0 Å². The molecule has 146 valence electrons. The van der Waals surface area contributed by atoms with E-state index in [1.165, 1.54) is 0 Å². The fourth-order valence-corrected chi connectivity index (χ4v) is 5.05. The zero-order chi connectivity index (χ0) is 19.1. The van der Waals surface area contributed by atoms with Gasteiger partial charge in [0.15, 0.2) is 0 Å². The molecule has 0 saturated carbocycles. The molecule has 0 aromatic carbocycles. The third-order valence-corrected chi connectivity index (χ3v) is 6.70. The highest BCUT2D eigenvalue weighted by molar-refractivity contribution is 5.82. The number of amides is 1. The molecule has 0 unspecified atom stereocenters. The summed E-state index contributed by atoms with van der Waals surface area (Å²) in [6.45, 7) is 2.42. The maximum absolute atomic E-state index is 12.7. The lowest BCUT2D eigenvalue weighted by Gasteiger charge is -2.40. The topological polar surface area (TPSA) is 91.0 Å². The van der Waals surface area contributed by atoms with Crippen molar-refractivity contribution in [3.63, 3.8) is 0 Å². The molecule has 3 aliphatic rings. The minimum absolute atomic E-state index is 0.0110. The normalized spacial score (nSPS) is 23.1. The second kappa shape index (κ2) is 6.81. The Labute approximate surface area is 163 Å². The number of carbonyl (C=O) groups is 1. The van der Waals surface area contributed by atoms with Crippen LogP contribution < -0.4 is 10.9 Å². The summed E-state index contributed by atoms with van der Waals surface area (Å²) in [6, 6.07) is 3.75. The van der Waals surface area contributed by atoms with E-state index in [1.54, 1.807) is 12.4 Å². The highest BCUT2D eigenvalue weighted by Crippen LogP contribution is 2.44. The van der Waals surface area contributed by atoms with E-state index in [4.69, 9.17) is 4.98 Å². The molecule has 1 atom stereocenters. The summed E-state index contributed by atoms with van der Waals surface area (Å²) in [5.41, 5.74) is 2.48. The number of piperidine rings is 1. The SMILES string of the molecule is O=C([C@@H]1CCCN1)N1CCC2(CCc3c2nc(-c2cccnc2)[nH]c3=O)CC1. The minimum Gasteiger partial charge on any atom is -0.341 e. The Bertz CT molecular complexity index is 941. The molecule has 28 heavy (non-hydrogen) atoms. The second-order valence-corrected chi connectivity index (χ2v) is 8.24. The molecule has 1 spiro atoms. The Hall–Kier alpha value is -2.54. The fourth-order valence-electron chi connectivity index (χ4n) is 5.05. The Balaban J connectivity index is 1.41. The van der Waals surface area contributed by atoms with Crippen LogP contribution in [0.1, 0.15) is 43.4 Å². The molecule has 2 aromatic rings. The Kier molecular flexibility index (Phi) is 4.27. The smallest absolute Gasteiger partial charge is 0.254 e. The second-order valence-electron chi connectivity index (χ2n) is 8.24.